The van der Waals surface area contributed by atoms with Crippen molar-refractivity contribution in [1.29, 1.82) is 0 Å². The highest BCUT2D eigenvalue weighted by Crippen LogP contribution is 2.30. The second-order valence-corrected chi connectivity index (χ2v) is 6.05. The predicted octanol–water partition coefficient (Wildman–Crippen LogP) is 4.59. The molecule has 1 aromatic heterocycles. The zero-order valence-corrected chi connectivity index (χ0v) is 13.9. The smallest absolute Gasteiger partial charge is 0.270 e. The number of nitro groups is 1. The maximum atomic E-state index is 11.0. The summed E-state index contributed by atoms with van der Waals surface area (Å²) in [6.07, 6.45) is 3.28. The number of nitrogens with one attached hydrogen (secondary N) is 1. The third kappa shape index (κ3) is 4.65. The first-order valence-electron chi connectivity index (χ1n) is 7.44. The zero-order chi connectivity index (χ0) is 17.5. The van der Waals surface area contributed by atoms with Crippen LogP contribution in [0, 0.1) is 10.1 Å². The molecule has 6 nitrogen and oxygen atoms in total. The molecule has 0 spiro atoms. The van der Waals surface area contributed by atoms with Gasteiger partial charge in [-0.25, -0.2) is 4.98 Å². The van der Waals surface area contributed by atoms with Crippen molar-refractivity contribution >= 4 is 29.4 Å². The minimum absolute atomic E-state index is 0.0199. The van der Waals surface area contributed by atoms with Crippen molar-refractivity contribution < 1.29 is 4.92 Å². The van der Waals surface area contributed by atoms with Gasteiger partial charge in [0.25, 0.3) is 5.69 Å². The highest BCUT2D eigenvalue weighted by Gasteiger charge is 2.11. The van der Waals surface area contributed by atoms with Gasteiger partial charge in [0.1, 0.15) is 5.03 Å². The van der Waals surface area contributed by atoms with Gasteiger partial charge in [-0.3, -0.25) is 15.5 Å². The van der Waals surface area contributed by atoms with Gasteiger partial charge in [-0.15, -0.1) is 0 Å². The molecular formula is C18H14N4O2S. The Labute approximate surface area is 148 Å². The Morgan fingerprint density at radius 2 is 1.88 bits per heavy atom. The molecule has 2 aromatic carbocycles. The van der Waals surface area contributed by atoms with Gasteiger partial charge in [-0.1, -0.05) is 36.0 Å². The molecule has 1 N–H and O–H groups in total. The Hall–Kier alpha value is -3.19. The number of hydrogen-bond acceptors (Lipinski definition) is 6. The summed E-state index contributed by atoms with van der Waals surface area (Å²) in [6.45, 7) is 0. The molecule has 0 atom stereocenters. The lowest BCUT2D eigenvalue weighted by molar-refractivity contribution is -0.384. The molecule has 3 rings (SSSR count). The number of nitrogens with zero attached hydrogens (tertiary/aromatic N) is 3. The molecule has 0 aliphatic heterocycles. The minimum atomic E-state index is -0.419. The second kappa shape index (κ2) is 8.07. The number of benzene rings is 2. The molecule has 0 aliphatic rings. The normalized spacial score (nSPS) is 10.7. The maximum absolute atomic E-state index is 11.0. The van der Waals surface area contributed by atoms with E-state index in [1.54, 1.807) is 18.5 Å². The largest absolute Gasteiger partial charge is 0.279 e. The van der Waals surface area contributed by atoms with Crippen LogP contribution in [0.25, 0.3) is 0 Å². The molecule has 0 bridgehead atoms. The Morgan fingerprint density at radius 1 is 1.08 bits per heavy atom. The van der Waals surface area contributed by atoms with Gasteiger partial charge >= 0.3 is 0 Å². The molecule has 1 heterocycles. The first-order valence-corrected chi connectivity index (χ1v) is 8.25. The molecule has 0 amide bonds. The molecule has 25 heavy (non-hydrogen) atoms. The monoisotopic (exact) mass is 350 g/mol. The van der Waals surface area contributed by atoms with Gasteiger partial charge in [-0.05, 0) is 30.3 Å². The molecule has 0 fully saturated rings. The van der Waals surface area contributed by atoms with Gasteiger partial charge in [0.15, 0.2) is 0 Å². The van der Waals surface area contributed by atoms with Gasteiger partial charge in [0, 0.05) is 28.8 Å². The van der Waals surface area contributed by atoms with Crippen molar-refractivity contribution in [2.75, 3.05) is 5.43 Å². The van der Waals surface area contributed by atoms with Crippen LogP contribution < -0.4 is 5.43 Å². The van der Waals surface area contributed by atoms with Crippen LogP contribution in [0.4, 0.5) is 11.4 Å². The summed E-state index contributed by atoms with van der Waals surface area (Å²) < 4.78 is 0. The average molecular weight is 350 g/mol. The van der Waals surface area contributed by atoms with E-state index in [1.807, 2.05) is 48.5 Å². The summed E-state index contributed by atoms with van der Waals surface area (Å²) in [5.41, 5.74) is 4.41. The van der Waals surface area contributed by atoms with Crippen LogP contribution in [-0.2, 0) is 0 Å². The quantitative estimate of drug-likeness (QED) is 0.399. The fraction of sp³-hybridized carbons (Fsp3) is 0. The van der Waals surface area contributed by atoms with Crippen molar-refractivity contribution in [3.63, 3.8) is 0 Å². The van der Waals surface area contributed by atoms with Gasteiger partial charge in [0.05, 0.1) is 16.8 Å². The van der Waals surface area contributed by atoms with E-state index in [0.29, 0.717) is 5.56 Å². The van der Waals surface area contributed by atoms with Crippen LogP contribution in [0.3, 0.4) is 0 Å². The van der Waals surface area contributed by atoms with Gasteiger partial charge in [0.2, 0.25) is 0 Å². The van der Waals surface area contributed by atoms with Crippen LogP contribution in [0.15, 0.2) is 87.9 Å². The summed E-state index contributed by atoms with van der Waals surface area (Å²) in [5.74, 6) is 0. The fourth-order valence-electron chi connectivity index (χ4n) is 2.05. The van der Waals surface area contributed by atoms with Crippen molar-refractivity contribution in [2.45, 2.75) is 9.92 Å². The van der Waals surface area contributed by atoms with E-state index in [2.05, 4.69) is 15.5 Å². The first-order chi connectivity index (χ1) is 12.2. The van der Waals surface area contributed by atoms with Crippen molar-refractivity contribution in [3.8, 4) is 0 Å². The fourth-order valence-corrected chi connectivity index (χ4v) is 2.90. The summed E-state index contributed by atoms with van der Waals surface area (Å²) in [4.78, 5) is 15.7. The molecule has 0 radical (unpaired) electrons. The van der Waals surface area contributed by atoms with Crippen LogP contribution in [0.2, 0.25) is 0 Å². The Morgan fingerprint density at radius 3 is 2.60 bits per heavy atom. The second-order valence-electron chi connectivity index (χ2n) is 4.99. The van der Waals surface area contributed by atoms with Crippen LogP contribution in [-0.4, -0.2) is 16.1 Å². The molecular weight excluding hydrogens is 336 g/mol. The molecule has 124 valence electrons. The third-order valence-corrected chi connectivity index (χ3v) is 4.27. The Kier molecular flexibility index (Phi) is 5.38. The first kappa shape index (κ1) is 16.7. The van der Waals surface area contributed by atoms with E-state index in [9.17, 15) is 10.1 Å². The average Bonchev–Trinajstić information content (AvgIpc) is 2.64. The summed E-state index contributed by atoms with van der Waals surface area (Å²) >= 11 is 1.43. The number of anilines is 1. The summed E-state index contributed by atoms with van der Waals surface area (Å²) in [7, 11) is 0. The van der Waals surface area contributed by atoms with E-state index in [0.717, 1.165) is 15.6 Å². The van der Waals surface area contributed by atoms with Crippen molar-refractivity contribution in [1.82, 2.24) is 4.98 Å². The lowest BCUT2D eigenvalue weighted by atomic mass is 10.2. The van der Waals surface area contributed by atoms with E-state index in [-0.39, 0.29) is 5.69 Å². The number of hydrazone groups is 1. The highest BCUT2D eigenvalue weighted by atomic mass is 32.2. The molecule has 0 saturated heterocycles. The number of rotatable bonds is 6. The number of hydrogen-bond donors (Lipinski definition) is 1. The van der Waals surface area contributed by atoms with Crippen molar-refractivity contribution in [3.05, 3.63) is 88.6 Å². The maximum Gasteiger partial charge on any atom is 0.270 e. The van der Waals surface area contributed by atoms with E-state index < -0.39 is 4.92 Å². The number of non-ortho nitro benzene ring substituents is 1. The summed E-state index contributed by atoms with van der Waals surface area (Å²) in [6, 6.07) is 19.8. The topological polar surface area (TPSA) is 80.4 Å². The SMILES string of the molecule is O=[N+]([O-])c1ccc(Sc2ccccn2)c(C=NNc2ccccc2)c1. The molecule has 7 heteroatoms. The van der Waals surface area contributed by atoms with Gasteiger partial charge in [-0.2, -0.15) is 5.10 Å². The van der Waals surface area contributed by atoms with E-state index in [1.165, 1.54) is 23.9 Å². The minimum Gasteiger partial charge on any atom is -0.279 e. The zero-order valence-electron chi connectivity index (χ0n) is 13.1. The highest BCUT2D eigenvalue weighted by molar-refractivity contribution is 7.99. The predicted molar refractivity (Wildman–Crippen MR) is 99.1 cm³/mol. The molecule has 3 aromatic rings. The Bertz CT molecular complexity index is 886. The molecule has 0 saturated carbocycles. The number of para-hydroxylation sites is 1. The van der Waals surface area contributed by atoms with E-state index in [4.69, 9.17) is 0 Å². The van der Waals surface area contributed by atoms with Crippen LogP contribution in [0.1, 0.15) is 5.56 Å². The number of pyridine rings is 1. The number of aromatic nitrogens is 1. The lowest BCUT2D eigenvalue weighted by Gasteiger charge is -2.05. The molecule has 0 unspecified atom stereocenters. The van der Waals surface area contributed by atoms with Crippen LogP contribution >= 0.6 is 11.8 Å². The standard InChI is InChI=1S/C18H14N4O2S/c23-22(24)16-9-10-17(25-18-8-4-5-11-19-18)14(12-16)13-20-21-15-6-2-1-3-7-15/h1-13,21H. The third-order valence-electron chi connectivity index (χ3n) is 3.23. The Balaban J connectivity index is 1.86. The van der Waals surface area contributed by atoms with Crippen molar-refractivity contribution in [2.24, 2.45) is 5.10 Å². The summed E-state index contributed by atoms with van der Waals surface area (Å²) in [5, 5.41) is 16.0. The lowest BCUT2D eigenvalue weighted by Crippen LogP contribution is -1.95. The van der Waals surface area contributed by atoms with Gasteiger partial charge < -0.3 is 0 Å². The number of nitro benzene ring substituents is 1. The molecule has 0 aliphatic carbocycles. The van der Waals surface area contributed by atoms with E-state index >= 15 is 0 Å². The van der Waals surface area contributed by atoms with Crippen LogP contribution in [0.5, 0.6) is 0 Å².